The van der Waals surface area contributed by atoms with Crippen molar-refractivity contribution in [2.24, 2.45) is 0 Å². The Morgan fingerprint density at radius 3 is 2.58 bits per heavy atom. The molecule has 0 aliphatic heterocycles. The van der Waals surface area contributed by atoms with Gasteiger partial charge >= 0.3 is 0 Å². The highest BCUT2D eigenvalue weighted by atomic mass is 32.2. The van der Waals surface area contributed by atoms with Gasteiger partial charge in [0.1, 0.15) is 0 Å². The number of para-hydroxylation sites is 1. The number of aromatic nitrogens is 2. The third-order valence-corrected chi connectivity index (χ3v) is 6.75. The molecule has 1 amide bonds. The summed E-state index contributed by atoms with van der Waals surface area (Å²) >= 11 is 2.99. The Morgan fingerprint density at radius 1 is 1.19 bits per heavy atom. The first kappa shape index (κ1) is 19.2. The minimum atomic E-state index is -0.232. The summed E-state index contributed by atoms with van der Waals surface area (Å²) in [5.74, 6) is -0.00982. The van der Waals surface area contributed by atoms with Gasteiger partial charge in [0.05, 0.1) is 5.25 Å². The van der Waals surface area contributed by atoms with Crippen LogP contribution >= 0.6 is 23.1 Å². The van der Waals surface area contributed by atoms with E-state index in [1.807, 2.05) is 39.0 Å². The molecule has 1 atom stereocenters. The van der Waals surface area contributed by atoms with Crippen LogP contribution in [0.5, 0.6) is 0 Å². The molecule has 1 aromatic heterocycles. The van der Waals surface area contributed by atoms with Crippen LogP contribution in [0.3, 0.4) is 0 Å². The second-order valence-electron chi connectivity index (χ2n) is 6.87. The van der Waals surface area contributed by atoms with Gasteiger partial charge < -0.3 is 10.6 Å². The van der Waals surface area contributed by atoms with Crippen molar-refractivity contribution < 1.29 is 4.79 Å². The first-order valence-electron chi connectivity index (χ1n) is 9.16. The number of nitrogens with zero attached hydrogens (tertiary/aromatic N) is 2. The highest BCUT2D eigenvalue weighted by Gasteiger charge is 2.20. The fourth-order valence-electron chi connectivity index (χ4n) is 3.18. The van der Waals surface area contributed by atoms with Crippen molar-refractivity contribution in [3.63, 3.8) is 0 Å². The van der Waals surface area contributed by atoms with E-state index < -0.39 is 0 Å². The Balaban J connectivity index is 1.55. The largest absolute Gasteiger partial charge is 0.357 e. The molecular formula is C19H26N4OS2. The molecule has 140 valence electrons. The molecule has 1 aliphatic rings. The third kappa shape index (κ3) is 4.98. The van der Waals surface area contributed by atoms with Crippen LogP contribution in [0.2, 0.25) is 0 Å². The number of carbonyl (C=O) groups excluding carboxylic acids is 1. The van der Waals surface area contributed by atoms with Crippen molar-refractivity contribution in [3.05, 3.63) is 29.3 Å². The number of thioether (sulfide) groups is 1. The highest BCUT2D eigenvalue weighted by Crippen LogP contribution is 2.31. The topological polar surface area (TPSA) is 66.9 Å². The summed E-state index contributed by atoms with van der Waals surface area (Å²) in [4.78, 5) is 12.6. The number of rotatable bonds is 6. The summed E-state index contributed by atoms with van der Waals surface area (Å²) in [6.07, 6.45) is 6.32. The van der Waals surface area contributed by atoms with Gasteiger partial charge in [0.15, 0.2) is 4.34 Å². The molecule has 1 saturated carbocycles. The minimum Gasteiger partial charge on any atom is -0.357 e. The maximum absolute atomic E-state index is 12.6. The average Bonchev–Trinajstić information content (AvgIpc) is 3.05. The number of amides is 1. The van der Waals surface area contributed by atoms with Gasteiger partial charge in [-0.1, -0.05) is 60.6 Å². The zero-order chi connectivity index (χ0) is 18.5. The van der Waals surface area contributed by atoms with E-state index in [2.05, 4.69) is 20.8 Å². The van der Waals surface area contributed by atoms with Crippen LogP contribution in [0.25, 0.3) is 0 Å². The first-order chi connectivity index (χ1) is 12.5. The monoisotopic (exact) mass is 390 g/mol. The van der Waals surface area contributed by atoms with Crippen molar-refractivity contribution in [1.29, 1.82) is 0 Å². The Labute approximate surface area is 163 Å². The molecule has 2 N–H and O–H groups in total. The van der Waals surface area contributed by atoms with Gasteiger partial charge in [0.2, 0.25) is 11.0 Å². The van der Waals surface area contributed by atoms with Gasteiger partial charge in [-0.15, -0.1) is 10.2 Å². The van der Waals surface area contributed by atoms with E-state index >= 15 is 0 Å². The quantitative estimate of drug-likeness (QED) is 0.678. The summed E-state index contributed by atoms with van der Waals surface area (Å²) in [6, 6.07) is 6.53. The fourth-order valence-corrected chi connectivity index (χ4v) is 5.15. The molecule has 2 aromatic rings. The summed E-state index contributed by atoms with van der Waals surface area (Å²) in [6.45, 7) is 5.92. The molecule has 1 aromatic carbocycles. The van der Waals surface area contributed by atoms with Crippen molar-refractivity contribution in [3.8, 4) is 0 Å². The van der Waals surface area contributed by atoms with E-state index in [0.717, 1.165) is 26.3 Å². The van der Waals surface area contributed by atoms with Gasteiger partial charge in [0, 0.05) is 11.7 Å². The molecule has 0 saturated heterocycles. The van der Waals surface area contributed by atoms with Crippen LogP contribution in [-0.4, -0.2) is 27.4 Å². The average molecular weight is 391 g/mol. The van der Waals surface area contributed by atoms with Crippen molar-refractivity contribution in [2.45, 2.75) is 68.5 Å². The summed E-state index contributed by atoms with van der Waals surface area (Å²) in [5, 5.41) is 15.6. The molecule has 26 heavy (non-hydrogen) atoms. The van der Waals surface area contributed by atoms with Crippen molar-refractivity contribution in [1.82, 2.24) is 10.2 Å². The number of nitrogens with one attached hydrogen (secondary N) is 2. The van der Waals surface area contributed by atoms with E-state index in [0.29, 0.717) is 6.04 Å². The normalized spacial score (nSPS) is 16.3. The second-order valence-corrected chi connectivity index (χ2v) is 9.43. The lowest BCUT2D eigenvalue weighted by Crippen LogP contribution is -2.23. The number of anilines is 2. The van der Waals surface area contributed by atoms with E-state index in [-0.39, 0.29) is 11.2 Å². The zero-order valence-electron chi connectivity index (χ0n) is 15.5. The lowest BCUT2D eigenvalue weighted by molar-refractivity contribution is -0.115. The minimum absolute atomic E-state index is 0.00982. The summed E-state index contributed by atoms with van der Waals surface area (Å²) in [5.41, 5.74) is 3.05. The Morgan fingerprint density at radius 2 is 1.88 bits per heavy atom. The molecule has 1 unspecified atom stereocenters. The van der Waals surface area contributed by atoms with E-state index in [9.17, 15) is 4.79 Å². The molecule has 7 heteroatoms. The molecule has 1 fully saturated rings. The number of carbonyl (C=O) groups is 1. The van der Waals surface area contributed by atoms with Crippen LogP contribution in [0.4, 0.5) is 10.8 Å². The molecular weight excluding hydrogens is 364 g/mol. The number of hydrogen-bond donors (Lipinski definition) is 2. The maximum Gasteiger partial charge on any atom is 0.237 e. The molecule has 1 heterocycles. The van der Waals surface area contributed by atoms with Gasteiger partial charge in [-0.3, -0.25) is 4.79 Å². The van der Waals surface area contributed by atoms with Crippen LogP contribution < -0.4 is 10.6 Å². The maximum atomic E-state index is 12.6. The van der Waals surface area contributed by atoms with Gasteiger partial charge in [-0.25, -0.2) is 0 Å². The first-order valence-corrected chi connectivity index (χ1v) is 10.9. The SMILES string of the molecule is Cc1cccc(C)c1NC(=O)C(C)Sc1nnc(NC2CCCCC2)s1. The Bertz CT molecular complexity index is 735. The van der Waals surface area contributed by atoms with E-state index in [4.69, 9.17) is 0 Å². The Kier molecular flexibility index (Phi) is 6.53. The number of benzene rings is 1. The van der Waals surface area contributed by atoms with Crippen molar-refractivity contribution in [2.75, 3.05) is 10.6 Å². The van der Waals surface area contributed by atoms with Gasteiger partial charge in [0.25, 0.3) is 0 Å². The lowest BCUT2D eigenvalue weighted by atomic mass is 9.96. The van der Waals surface area contributed by atoms with Crippen LogP contribution in [0.1, 0.15) is 50.2 Å². The zero-order valence-corrected chi connectivity index (χ0v) is 17.2. The van der Waals surface area contributed by atoms with E-state index in [1.54, 1.807) is 0 Å². The van der Waals surface area contributed by atoms with Crippen LogP contribution in [0, 0.1) is 13.8 Å². The number of hydrogen-bond acceptors (Lipinski definition) is 6. The molecule has 0 spiro atoms. The third-order valence-electron chi connectivity index (χ3n) is 4.72. The highest BCUT2D eigenvalue weighted by molar-refractivity contribution is 8.02. The standard InChI is InChI=1S/C19H26N4OS2/c1-12-8-7-9-13(2)16(12)21-17(24)14(3)25-19-23-22-18(26-19)20-15-10-5-4-6-11-15/h7-9,14-15H,4-6,10-11H2,1-3H3,(H,20,22)(H,21,24). The predicted molar refractivity (Wildman–Crippen MR) is 110 cm³/mol. The molecule has 0 radical (unpaired) electrons. The Hall–Kier alpha value is -1.60. The van der Waals surface area contributed by atoms with Gasteiger partial charge in [-0.05, 0) is 44.7 Å². The molecule has 0 bridgehead atoms. The lowest BCUT2D eigenvalue weighted by Gasteiger charge is -2.21. The summed E-state index contributed by atoms with van der Waals surface area (Å²) < 4.78 is 0.826. The second kappa shape index (κ2) is 8.86. The molecule has 1 aliphatic carbocycles. The summed E-state index contributed by atoms with van der Waals surface area (Å²) in [7, 11) is 0. The predicted octanol–water partition coefficient (Wildman–Crippen LogP) is 5.02. The van der Waals surface area contributed by atoms with Gasteiger partial charge in [-0.2, -0.15) is 0 Å². The van der Waals surface area contributed by atoms with E-state index in [1.165, 1.54) is 55.2 Å². The van der Waals surface area contributed by atoms with Crippen LogP contribution in [-0.2, 0) is 4.79 Å². The van der Waals surface area contributed by atoms with Crippen LogP contribution in [0.15, 0.2) is 22.5 Å². The molecule has 3 rings (SSSR count). The van der Waals surface area contributed by atoms with Crippen molar-refractivity contribution >= 4 is 39.8 Å². The number of aryl methyl sites for hydroxylation is 2. The molecule has 5 nitrogen and oxygen atoms in total. The fraction of sp³-hybridized carbons (Fsp3) is 0.526. The smallest absolute Gasteiger partial charge is 0.237 e.